The molecule has 1 aliphatic heterocycles. The Bertz CT molecular complexity index is 424. The largest absolute Gasteiger partial charge is 0.443 e. The zero-order valence-electron chi connectivity index (χ0n) is 12.0. The van der Waals surface area contributed by atoms with Crippen LogP contribution in [0, 0.1) is 5.92 Å². The third-order valence-corrected chi connectivity index (χ3v) is 3.88. The number of hydrogen-bond acceptors (Lipinski definition) is 4. The summed E-state index contributed by atoms with van der Waals surface area (Å²) in [5, 5.41) is 0. The number of nitrogens with zero attached hydrogens (tertiary/aromatic N) is 2. The summed E-state index contributed by atoms with van der Waals surface area (Å²) in [4.78, 5) is 18.2. The molecule has 2 heterocycles. The molecule has 0 saturated carbocycles. The van der Waals surface area contributed by atoms with Gasteiger partial charge >= 0.3 is 6.09 Å². The number of carbonyl (C=O) groups is 1. The molecule has 110 valence electrons. The number of rotatable bonds is 5. The highest BCUT2D eigenvalue weighted by atomic mass is 16.6. The van der Waals surface area contributed by atoms with Crippen molar-refractivity contribution in [2.75, 3.05) is 13.1 Å². The van der Waals surface area contributed by atoms with Crippen LogP contribution in [0.5, 0.6) is 0 Å². The molecule has 5 heteroatoms. The Labute approximate surface area is 120 Å². The second-order valence-electron chi connectivity index (χ2n) is 5.33. The minimum absolute atomic E-state index is 0.230. The fourth-order valence-electron chi connectivity index (χ4n) is 2.77. The van der Waals surface area contributed by atoms with Crippen molar-refractivity contribution in [3.63, 3.8) is 0 Å². The van der Waals surface area contributed by atoms with Gasteiger partial charge in [-0.15, -0.1) is 0 Å². The van der Waals surface area contributed by atoms with Crippen molar-refractivity contribution in [3.05, 3.63) is 30.1 Å². The van der Waals surface area contributed by atoms with E-state index < -0.39 is 0 Å². The molecule has 2 N–H and O–H groups in total. The van der Waals surface area contributed by atoms with Crippen molar-refractivity contribution in [1.29, 1.82) is 0 Å². The van der Waals surface area contributed by atoms with Crippen LogP contribution < -0.4 is 5.73 Å². The van der Waals surface area contributed by atoms with Crippen LogP contribution >= 0.6 is 0 Å². The van der Waals surface area contributed by atoms with Crippen LogP contribution in [0.1, 0.15) is 31.9 Å². The second-order valence-corrected chi connectivity index (χ2v) is 5.33. The molecule has 1 aliphatic rings. The van der Waals surface area contributed by atoms with E-state index in [-0.39, 0.29) is 18.7 Å². The third-order valence-electron chi connectivity index (χ3n) is 3.88. The molecule has 0 aromatic carbocycles. The highest BCUT2D eigenvalue weighted by Crippen LogP contribution is 2.26. The van der Waals surface area contributed by atoms with Crippen LogP contribution in [0.15, 0.2) is 24.4 Å². The maximum absolute atomic E-state index is 12.2. The number of nitrogens with two attached hydrogens (primary N) is 1. The monoisotopic (exact) mass is 277 g/mol. The summed E-state index contributed by atoms with van der Waals surface area (Å²) in [7, 11) is 0. The first kappa shape index (κ1) is 14.8. The van der Waals surface area contributed by atoms with Crippen LogP contribution in [0.4, 0.5) is 4.79 Å². The molecule has 1 amide bonds. The van der Waals surface area contributed by atoms with E-state index in [9.17, 15) is 4.79 Å². The first-order valence-electron chi connectivity index (χ1n) is 7.25. The molecule has 20 heavy (non-hydrogen) atoms. The van der Waals surface area contributed by atoms with E-state index in [2.05, 4.69) is 11.9 Å². The Kier molecular flexibility index (Phi) is 5.35. The number of hydrogen-bond donors (Lipinski definition) is 1. The van der Waals surface area contributed by atoms with E-state index in [0.29, 0.717) is 12.5 Å². The van der Waals surface area contributed by atoms with Gasteiger partial charge in [0, 0.05) is 18.8 Å². The minimum atomic E-state index is -0.234. The average molecular weight is 277 g/mol. The van der Waals surface area contributed by atoms with Crippen LogP contribution in [-0.4, -0.2) is 35.1 Å². The fourth-order valence-corrected chi connectivity index (χ4v) is 2.77. The molecule has 2 atom stereocenters. The van der Waals surface area contributed by atoms with Gasteiger partial charge in [0.15, 0.2) is 0 Å². The van der Waals surface area contributed by atoms with Crippen molar-refractivity contribution in [3.8, 4) is 0 Å². The molecular weight excluding hydrogens is 254 g/mol. The van der Waals surface area contributed by atoms with Gasteiger partial charge in [0.25, 0.3) is 0 Å². The van der Waals surface area contributed by atoms with Gasteiger partial charge in [-0.2, -0.15) is 0 Å². The molecule has 0 aliphatic carbocycles. The van der Waals surface area contributed by atoms with Gasteiger partial charge in [0.05, 0.1) is 5.69 Å². The number of carbonyl (C=O) groups excluding carboxylic acids is 1. The third kappa shape index (κ3) is 3.70. The molecule has 0 spiro atoms. The number of pyridine rings is 1. The predicted octanol–water partition coefficient (Wildman–Crippen LogP) is 2.17. The molecule has 5 nitrogen and oxygen atoms in total. The van der Waals surface area contributed by atoms with Gasteiger partial charge in [-0.3, -0.25) is 4.98 Å². The van der Waals surface area contributed by atoms with Gasteiger partial charge < -0.3 is 15.4 Å². The smallest absolute Gasteiger partial charge is 0.410 e. The number of amides is 1. The van der Waals surface area contributed by atoms with E-state index in [4.69, 9.17) is 10.5 Å². The lowest BCUT2D eigenvalue weighted by Crippen LogP contribution is -2.40. The van der Waals surface area contributed by atoms with Gasteiger partial charge in [-0.05, 0) is 43.9 Å². The zero-order valence-corrected chi connectivity index (χ0v) is 12.0. The van der Waals surface area contributed by atoms with Crippen molar-refractivity contribution < 1.29 is 9.53 Å². The Morgan fingerprint density at radius 3 is 3.15 bits per heavy atom. The molecule has 0 radical (unpaired) electrons. The fraction of sp³-hybridized carbons (Fsp3) is 0.600. The predicted molar refractivity (Wildman–Crippen MR) is 77.0 cm³/mol. The van der Waals surface area contributed by atoms with Crippen LogP contribution in [0.3, 0.4) is 0 Å². The number of ether oxygens (including phenoxy) is 1. The molecule has 2 rings (SSSR count). The quantitative estimate of drug-likeness (QED) is 0.895. The molecule has 0 bridgehead atoms. The lowest BCUT2D eigenvalue weighted by Gasteiger charge is -2.28. The van der Waals surface area contributed by atoms with E-state index in [0.717, 1.165) is 31.5 Å². The summed E-state index contributed by atoms with van der Waals surface area (Å²) in [6.07, 6.45) is 4.49. The van der Waals surface area contributed by atoms with Gasteiger partial charge in [-0.1, -0.05) is 13.0 Å². The Morgan fingerprint density at radius 2 is 2.45 bits per heavy atom. The zero-order chi connectivity index (χ0) is 14.4. The SMILES string of the molecule is CC(CCN)C1CCCN1C(=O)OCc1ccccn1. The lowest BCUT2D eigenvalue weighted by molar-refractivity contribution is 0.0817. The van der Waals surface area contributed by atoms with Crippen molar-refractivity contribution in [2.24, 2.45) is 11.7 Å². The average Bonchev–Trinajstić information content (AvgIpc) is 2.96. The second kappa shape index (κ2) is 7.24. The Balaban J connectivity index is 1.88. The standard InChI is InChI=1S/C15H23N3O2/c1-12(7-8-16)14-6-4-10-18(14)15(19)20-11-13-5-2-3-9-17-13/h2-3,5,9,12,14H,4,6-8,10-11,16H2,1H3. The lowest BCUT2D eigenvalue weighted by atomic mass is 9.96. The first-order valence-corrected chi connectivity index (χ1v) is 7.25. The molecule has 1 fully saturated rings. The summed E-state index contributed by atoms with van der Waals surface area (Å²) in [5.41, 5.74) is 6.38. The summed E-state index contributed by atoms with van der Waals surface area (Å²) >= 11 is 0. The summed E-state index contributed by atoms with van der Waals surface area (Å²) < 4.78 is 5.36. The molecule has 2 unspecified atom stereocenters. The normalized spacial score (nSPS) is 19.9. The highest BCUT2D eigenvalue weighted by Gasteiger charge is 2.33. The van der Waals surface area contributed by atoms with Gasteiger partial charge in [0.1, 0.15) is 6.61 Å². The van der Waals surface area contributed by atoms with Crippen molar-refractivity contribution in [1.82, 2.24) is 9.88 Å². The van der Waals surface area contributed by atoms with Crippen molar-refractivity contribution >= 4 is 6.09 Å². The van der Waals surface area contributed by atoms with Crippen LogP contribution in [-0.2, 0) is 11.3 Å². The maximum atomic E-state index is 12.2. The topological polar surface area (TPSA) is 68.5 Å². The van der Waals surface area contributed by atoms with Gasteiger partial charge in [0.2, 0.25) is 0 Å². The van der Waals surface area contributed by atoms with E-state index in [1.165, 1.54) is 0 Å². The van der Waals surface area contributed by atoms with E-state index >= 15 is 0 Å². The number of aromatic nitrogens is 1. The Hall–Kier alpha value is -1.62. The maximum Gasteiger partial charge on any atom is 0.410 e. The molecule has 1 aromatic heterocycles. The van der Waals surface area contributed by atoms with Crippen molar-refractivity contribution in [2.45, 2.75) is 38.8 Å². The molecule has 1 aromatic rings. The first-order chi connectivity index (χ1) is 9.72. The minimum Gasteiger partial charge on any atom is -0.443 e. The van der Waals surface area contributed by atoms with Gasteiger partial charge in [-0.25, -0.2) is 4.79 Å². The van der Waals surface area contributed by atoms with Crippen LogP contribution in [0.2, 0.25) is 0 Å². The van der Waals surface area contributed by atoms with E-state index in [1.807, 2.05) is 23.1 Å². The molecular formula is C15H23N3O2. The summed E-state index contributed by atoms with van der Waals surface area (Å²) in [6.45, 7) is 3.82. The number of likely N-dealkylation sites (tertiary alicyclic amines) is 1. The summed E-state index contributed by atoms with van der Waals surface area (Å²) in [5.74, 6) is 0.421. The molecule has 1 saturated heterocycles. The van der Waals surface area contributed by atoms with Crippen LogP contribution in [0.25, 0.3) is 0 Å². The Morgan fingerprint density at radius 1 is 1.60 bits per heavy atom. The van der Waals surface area contributed by atoms with E-state index in [1.54, 1.807) is 6.20 Å². The highest BCUT2D eigenvalue weighted by molar-refractivity contribution is 5.68. The summed E-state index contributed by atoms with van der Waals surface area (Å²) in [6, 6.07) is 5.84.